The van der Waals surface area contributed by atoms with E-state index >= 15 is 0 Å². The first-order chi connectivity index (χ1) is 15.2. The van der Waals surface area contributed by atoms with Crippen LogP contribution >= 0.6 is 0 Å². The van der Waals surface area contributed by atoms with E-state index in [4.69, 9.17) is 0 Å². The van der Waals surface area contributed by atoms with Crippen molar-refractivity contribution in [2.45, 2.75) is 18.8 Å². The van der Waals surface area contributed by atoms with Gasteiger partial charge in [0.1, 0.15) is 11.3 Å². The number of hydrogen-bond donors (Lipinski definition) is 1. The van der Waals surface area contributed by atoms with Crippen molar-refractivity contribution in [3.05, 3.63) is 71.8 Å². The highest BCUT2D eigenvalue weighted by atomic mass is 16.2. The van der Waals surface area contributed by atoms with Gasteiger partial charge in [0.2, 0.25) is 0 Å². The van der Waals surface area contributed by atoms with Crippen LogP contribution in [0.15, 0.2) is 54.9 Å². The Morgan fingerprint density at radius 1 is 1.06 bits per heavy atom. The van der Waals surface area contributed by atoms with Crippen LogP contribution in [-0.2, 0) is 0 Å². The van der Waals surface area contributed by atoms with Crippen molar-refractivity contribution in [1.29, 1.82) is 0 Å². The second-order valence-corrected chi connectivity index (χ2v) is 7.70. The fourth-order valence-electron chi connectivity index (χ4n) is 4.24. The van der Waals surface area contributed by atoms with E-state index in [0.717, 1.165) is 29.4 Å². The molecule has 0 aliphatic carbocycles. The first-order valence-electron chi connectivity index (χ1n) is 10.4. The standard InChI is InChI=1S/C23H22N6O2/c1-24-22(30)17-14-26-29-20(8-11-25-21(17)29)16-9-12-28(13-10-16)23(31)19-7-6-15-4-2-3-5-18(15)27-19/h2-8,11,14,16H,9-10,12-13H2,1H3,(H,24,30). The molecule has 3 aromatic heterocycles. The number of hydrogen-bond acceptors (Lipinski definition) is 5. The zero-order valence-corrected chi connectivity index (χ0v) is 17.2. The molecule has 0 radical (unpaired) electrons. The lowest BCUT2D eigenvalue weighted by Crippen LogP contribution is -2.38. The quantitative estimate of drug-likeness (QED) is 0.556. The molecule has 4 heterocycles. The Balaban J connectivity index is 1.34. The topological polar surface area (TPSA) is 92.5 Å². The van der Waals surface area contributed by atoms with Crippen molar-refractivity contribution in [3.8, 4) is 0 Å². The lowest BCUT2D eigenvalue weighted by Gasteiger charge is -2.32. The Bertz CT molecular complexity index is 1290. The summed E-state index contributed by atoms with van der Waals surface area (Å²) in [5, 5.41) is 8.04. The van der Waals surface area contributed by atoms with Crippen LogP contribution in [0.25, 0.3) is 16.6 Å². The van der Waals surface area contributed by atoms with E-state index in [0.29, 0.717) is 30.0 Å². The number of nitrogens with zero attached hydrogens (tertiary/aromatic N) is 5. The van der Waals surface area contributed by atoms with Crippen LogP contribution < -0.4 is 5.32 Å². The lowest BCUT2D eigenvalue weighted by atomic mass is 9.93. The summed E-state index contributed by atoms with van der Waals surface area (Å²) in [6, 6.07) is 13.5. The molecule has 5 rings (SSSR count). The second kappa shape index (κ2) is 7.79. The summed E-state index contributed by atoms with van der Waals surface area (Å²) in [6.07, 6.45) is 4.89. The fraction of sp³-hybridized carbons (Fsp3) is 0.261. The number of fused-ring (bicyclic) bond motifs is 2. The average molecular weight is 414 g/mol. The Hall–Kier alpha value is -3.81. The maximum absolute atomic E-state index is 13.0. The Morgan fingerprint density at radius 3 is 2.68 bits per heavy atom. The van der Waals surface area contributed by atoms with Crippen LogP contribution in [0.5, 0.6) is 0 Å². The minimum atomic E-state index is -0.206. The minimum Gasteiger partial charge on any atom is -0.355 e. The van der Waals surface area contributed by atoms with Crippen LogP contribution in [-0.4, -0.2) is 56.4 Å². The van der Waals surface area contributed by atoms with Crippen molar-refractivity contribution < 1.29 is 9.59 Å². The summed E-state index contributed by atoms with van der Waals surface area (Å²) >= 11 is 0. The molecule has 0 atom stereocenters. The Kier molecular flexibility index (Phi) is 4.82. The molecular weight excluding hydrogens is 392 g/mol. The number of aromatic nitrogens is 4. The number of carbonyl (C=O) groups is 2. The molecule has 2 amide bonds. The predicted octanol–water partition coefficient (Wildman–Crippen LogP) is 2.66. The second-order valence-electron chi connectivity index (χ2n) is 7.70. The van der Waals surface area contributed by atoms with Gasteiger partial charge in [-0.2, -0.15) is 5.10 Å². The molecule has 156 valence electrons. The normalized spacial score (nSPS) is 14.8. The summed E-state index contributed by atoms with van der Waals surface area (Å²) in [5.74, 6) is -0.00966. The number of likely N-dealkylation sites (tertiary alicyclic amines) is 1. The summed E-state index contributed by atoms with van der Waals surface area (Å²) in [7, 11) is 1.59. The van der Waals surface area contributed by atoms with Crippen molar-refractivity contribution in [3.63, 3.8) is 0 Å². The smallest absolute Gasteiger partial charge is 0.272 e. The Labute approximate surface area is 178 Å². The van der Waals surface area contributed by atoms with Gasteiger partial charge in [-0.25, -0.2) is 14.5 Å². The highest BCUT2D eigenvalue weighted by molar-refractivity contribution is 5.99. The van der Waals surface area contributed by atoms with Gasteiger partial charge < -0.3 is 10.2 Å². The molecule has 8 heteroatoms. The third-order valence-corrected chi connectivity index (χ3v) is 5.92. The van der Waals surface area contributed by atoms with E-state index < -0.39 is 0 Å². The van der Waals surface area contributed by atoms with Gasteiger partial charge in [-0.1, -0.05) is 24.3 Å². The van der Waals surface area contributed by atoms with Crippen LogP contribution in [0.4, 0.5) is 0 Å². The molecule has 0 saturated carbocycles. The molecule has 1 aliphatic heterocycles. The van der Waals surface area contributed by atoms with E-state index in [1.165, 1.54) is 0 Å². The van der Waals surface area contributed by atoms with E-state index in [2.05, 4.69) is 20.4 Å². The van der Waals surface area contributed by atoms with E-state index in [1.807, 2.05) is 41.3 Å². The van der Waals surface area contributed by atoms with Crippen molar-refractivity contribution in [2.75, 3.05) is 20.1 Å². The van der Waals surface area contributed by atoms with Crippen LogP contribution in [0, 0.1) is 0 Å². The monoisotopic (exact) mass is 414 g/mol. The first-order valence-corrected chi connectivity index (χ1v) is 10.4. The fourth-order valence-corrected chi connectivity index (χ4v) is 4.24. The summed E-state index contributed by atoms with van der Waals surface area (Å²) in [6.45, 7) is 1.29. The zero-order chi connectivity index (χ0) is 21.4. The third kappa shape index (κ3) is 3.39. The van der Waals surface area contributed by atoms with E-state index in [1.54, 1.807) is 30.0 Å². The van der Waals surface area contributed by atoms with Gasteiger partial charge in [-0.15, -0.1) is 0 Å². The number of rotatable bonds is 3. The van der Waals surface area contributed by atoms with Crippen LogP contribution in [0.3, 0.4) is 0 Å². The molecule has 8 nitrogen and oxygen atoms in total. The number of piperidine rings is 1. The molecule has 0 unspecified atom stereocenters. The number of para-hydroxylation sites is 1. The lowest BCUT2D eigenvalue weighted by molar-refractivity contribution is 0.0706. The SMILES string of the molecule is CNC(=O)c1cnn2c(C3CCN(C(=O)c4ccc5ccccc5n4)CC3)ccnc12. The highest BCUT2D eigenvalue weighted by Gasteiger charge is 2.27. The molecule has 1 N–H and O–H groups in total. The number of nitrogens with one attached hydrogen (secondary N) is 1. The molecule has 0 spiro atoms. The number of pyridine rings is 1. The van der Waals surface area contributed by atoms with Gasteiger partial charge in [-0.3, -0.25) is 9.59 Å². The minimum absolute atomic E-state index is 0.0370. The third-order valence-electron chi connectivity index (χ3n) is 5.92. The molecule has 1 fully saturated rings. The maximum Gasteiger partial charge on any atom is 0.272 e. The van der Waals surface area contributed by atoms with Gasteiger partial charge in [0.15, 0.2) is 5.65 Å². The average Bonchev–Trinajstić information content (AvgIpc) is 3.27. The van der Waals surface area contributed by atoms with Gasteiger partial charge in [0.05, 0.1) is 11.7 Å². The number of amides is 2. The summed E-state index contributed by atoms with van der Waals surface area (Å²) < 4.78 is 1.75. The molecule has 1 aromatic carbocycles. The Morgan fingerprint density at radius 2 is 1.87 bits per heavy atom. The number of carbonyl (C=O) groups excluding carboxylic acids is 2. The van der Waals surface area contributed by atoms with E-state index in [9.17, 15) is 9.59 Å². The predicted molar refractivity (Wildman–Crippen MR) is 116 cm³/mol. The van der Waals surface area contributed by atoms with Crippen molar-refractivity contribution in [1.82, 2.24) is 29.8 Å². The van der Waals surface area contributed by atoms with Crippen LogP contribution in [0.2, 0.25) is 0 Å². The molecule has 1 aliphatic rings. The largest absolute Gasteiger partial charge is 0.355 e. The van der Waals surface area contributed by atoms with Crippen LogP contribution in [0.1, 0.15) is 45.3 Å². The molecule has 31 heavy (non-hydrogen) atoms. The van der Waals surface area contributed by atoms with E-state index in [-0.39, 0.29) is 17.7 Å². The first kappa shape index (κ1) is 19.2. The molecule has 0 bridgehead atoms. The van der Waals surface area contributed by atoms with Gasteiger partial charge >= 0.3 is 0 Å². The summed E-state index contributed by atoms with van der Waals surface area (Å²) in [4.78, 5) is 35.8. The zero-order valence-electron chi connectivity index (χ0n) is 17.2. The van der Waals surface area contributed by atoms with Gasteiger partial charge in [-0.05, 0) is 31.0 Å². The van der Waals surface area contributed by atoms with Gasteiger partial charge in [0, 0.05) is 43.3 Å². The highest BCUT2D eigenvalue weighted by Crippen LogP contribution is 2.29. The molecule has 4 aromatic rings. The summed E-state index contributed by atoms with van der Waals surface area (Å²) in [5.41, 5.74) is 3.32. The van der Waals surface area contributed by atoms with Gasteiger partial charge in [0.25, 0.3) is 11.8 Å². The van der Waals surface area contributed by atoms with Crippen molar-refractivity contribution in [2.24, 2.45) is 0 Å². The number of benzene rings is 1. The molecule has 1 saturated heterocycles. The molecular formula is C23H22N6O2. The van der Waals surface area contributed by atoms with Crippen molar-refractivity contribution >= 4 is 28.4 Å². The maximum atomic E-state index is 13.0.